The number of piperidine rings is 1. The molecular weight excluding hydrogens is 309 g/mol. The second-order valence-corrected chi connectivity index (χ2v) is 7.09. The van der Waals surface area contributed by atoms with Crippen LogP contribution in [0.3, 0.4) is 0 Å². The molecule has 1 amide bonds. The summed E-state index contributed by atoms with van der Waals surface area (Å²) in [6.45, 7) is 5.54. The maximum Gasteiger partial charge on any atom is 0.254 e. The van der Waals surface area contributed by atoms with Crippen LogP contribution >= 0.6 is 0 Å². The van der Waals surface area contributed by atoms with E-state index in [1.165, 1.54) is 12.1 Å². The van der Waals surface area contributed by atoms with Gasteiger partial charge in [-0.3, -0.25) is 4.79 Å². The molecule has 2 saturated heterocycles. The van der Waals surface area contributed by atoms with E-state index in [0.29, 0.717) is 23.7 Å². The monoisotopic (exact) mass is 335 g/mol. The molecule has 5 heteroatoms. The molecule has 1 spiro atoms. The van der Waals surface area contributed by atoms with Gasteiger partial charge in [-0.05, 0) is 55.4 Å². The number of aryl methyl sites for hydroxylation is 1. The third-order valence-corrected chi connectivity index (χ3v) is 5.76. The zero-order chi connectivity index (χ0) is 17.2. The summed E-state index contributed by atoms with van der Waals surface area (Å²) >= 11 is 0. The molecule has 0 bridgehead atoms. The Kier molecular flexibility index (Phi) is 5.21. The van der Waals surface area contributed by atoms with E-state index in [-0.39, 0.29) is 17.1 Å². The summed E-state index contributed by atoms with van der Waals surface area (Å²) in [7, 11) is 1.73. The third-order valence-electron chi connectivity index (χ3n) is 5.76. The normalized spacial score (nSPS) is 23.5. The minimum atomic E-state index is -0.300. The number of carbonyl (C=O) groups excluding carboxylic acids is 1. The van der Waals surface area contributed by atoms with E-state index in [0.717, 1.165) is 45.6 Å². The number of hydrogen-bond acceptors (Lipinski definition) is 3. The number of ether oxygens (including phenoxy) is 2. The van der Waals surface area contributed by atoms with Crippen molar-refractivity contribution in [2.75, 3.05) is 40.0 Å². The van der Waals surface area contributed by atoms with Crippen molar-refractivity contribution in [3.05, 3.63) is 35.1 Å². The van der Waals surface area contributed by atoms with E-state index in [9.17, 15) is 9.18 Å². The Morgan fingerprint density at radius 3 is 2.79 bits per heavy atom. The fourth-order valence-corrected chi connectivity index (χ4v) is 4.16. The average molecular weight is 335 g/mol. The fourth-order valence-electron chi connectivity index (χ4n) is 4.16. The molecule has 24 heavy (non-hydrogen) atoms. The molecule has 4 nitrogen and oxygen atoms in total. The van der Waals surface area contributed by atoms with Gasteiger partial charge in [-0.25, -0.2) is 4.39 Å². The maximum absolute atomic E-state index is 13.3. The molecule has 132 valence electrons. The standard InChI is InChI=1S/C19H26FNO3/c1-14-11-16(20)3-4-17(14)18(22)21-8-5-19(6-9-21)7-10-24-13-15(19)12-23-2/h3-4,11,15H,5-10,12-13H2,1-2H3/t15-/m0/s1. The van der Waals surface area contributed by atoms with E-state index < -0.39 is 0 Å². The molecule has 2 aliphatic rings. The molecule has 1 aromatic rings. The van der Waals surface area contributed by atoms with Crippen LogP contribution in [0.15, 0.2) is 18.2 Å². The van der Waals surface area contributed by atoms with E-state index in [2.05, 4.69) is 0 Å². The van der Waals surface area contributed by atoms with Gasteiger partial charge in [-0.1, -0.05) is 0 Å². The molecular formula is C19H26FNO3. The highest BCUT2D eigenvalue weighted by molar-refractivity contribution is 5.95. The predicted octanol–water partition coefficient (Wildman–Crippen LogP) is 3.04. The van der Waals surface area contributed by atoms with Gasteiger partial charge in [-0.15, -0.1) is 0 Å². The summed E-state index contributed by atoms with van der Waals surface area (Å²) in [6.07, 6.45) is 3.01. The van der Waals surface area contributed by atoms with Crippen molar-refractivity contribution in [2.24, 2.45) is 11.3 Å². The quantitative estimate of drug-likeness (QED) is 0.852. The zero-order valence-electron chi connectivity index (χ0n) is 14.5. The molecule has 2 aliphatic heterocycles. The lowest BCUT2D eigenvalue weighted by atomic mass is 9.66. The number of likely N-dealkylation sites (tertiary alicyclic amines) is 1. The number of halogens is 1. The molecule has 2 fully saturated rings. The summed E-state index contributed by atoms with van der Waals surface area (Å²) < 4.78 is 24.3. The first kappa shape index (κ1) is 17.4. The molecule has 1 aromatic carbocycles. The van der Waals surface area contributed by atoms with Gasteiger partial charge < -0.3 is 14.4 Å². The Balaban J connectivity index is 1.68. The van der Waals surface area contributed by atoms with Gasteiger partial charge in [0.15, 0.2) is 0 Å². The molecule has 0 radical (unpaired) electrons. The number of nitrogens with zero attached hydrogens (tertiary/aromatic N) is 1. The first-order valence-corrected chi connectivity index (χ1v) is 8.68. The minimum Gasteiger partial charge on any atom is -0.384 e. The van der Waals surface area contributed by atoms with Crippen LogP contribution in [0, 0.1) is 24.1 Å². The van der Waals surface area contributed by atoms with Crippen molar-refractivity contribution in [1.82, 2.24) is 4.90 Å². The maximum atomic E-state index is 13.3. The number of methoxy groups -OCH3 is 1. The number of benzene rings is 1. The van der Waals surface area contributed by atoms with E-state index in [4.69, 9.17) is 9.47 Å². The molecule has 2 heterocycles. The second-order valence-electron chi connectivity index (χ2n) is 7.09. The molecule has 0 saturated carbocycles. The Morgan fingerprint density at radius 2 is 2.12 bits per heavy atom. The lowest BCUT2D eigenvalue weighted by molar-refractivity contribution is -0.0912. The molecule has 0 aliphatic carbocycles. The first-order valence-electron chi connectivity index (χ1n) is 8.68. The van der Waals surface area contributed by atoms with Crippen LogP contribution in [0.25, 0.3) is 0 Å². The highest BCUT2D eigenvalue weighted by Gasteiger charge is 2.44. The smallest absolute Gasteiger partial charge is 0.254 e. The Morgan fingerprint density at radius 1 is 1.38 bits per heavy atom. The Hall–Kier alpha value is -1.46. The SMILES string of the molecule is COC[C@H]1COCCC12CCN(C(=O)c1ccc(F)cc1C)CC2. The Labute approximate surface area is 142 Å². The topological polar surface area (TPSA) is 38.8 Å². The van der Waals surface area contributed by atoms with Gasteiger partial charge in [0.25, 0.3) is 5.91 Å². The third kappa shape index (κ3) is 3.33. The largest absolute Gasteiger partial charge is 0.384 e. The van der Waals surface area contributed by atoms with Gasteiger partial charge in [0.05, 0.1) is 13.2 Å². The summed E-state index contributed by atoms with van der Waals surface area (Å²) in [5.41, 5.74) is 1.53. The second kappa shape index (κ2) is 7.19. The number of rotatable bonds is 3. The van der Waals surface area contributed by atoms with Crippen LogP contribution in [-0.4, -0.2) is 50.8 Å². The van der Waals surface area contributed by atoms with Crippen LogP contribution < -0.4 is 0 Å². The lowest BCUT2D eigenvalue weighted by Gasteiger charge is -2.49. The summed E-state index contributed by atoms with van der Waals surface area (Å²) in [6, 6.07) is 4.38. The van der Waals surface area contributed by atoms with E-state index in [1.54, 1.807) is 20.1 Å². The molecule has 0 N–H and O–H groups in total. The number of hydrogen-bond donors (Lipinski definition) is 0. The zero-order valence-corrected chi connectivity index (χ0v) is 14.5. The van der Waals surface area contributed by atoms with Crippen molar-refractivity contribution in [3.8, 4) is 0 Å². The van der Waals surface area contributed by atoms with Gasteiger partial charge in [0.1, 0.15) is 5.82 Å². The highest BCUT2D eigenvalue weighted by atomic mass is 19.1. The molecule has 0 unspecified atom stereocenters. The van der Waals surface area contributed by atoms with Crippen molar-refractivity contribution >= 4 is 5.91 Å². The van der Waals surface area contributed by atoms with Crippen molar-refractivity contribution in [3.63, 3.8) is 0 Å². The lowest BCUT2D eigenvalue weighted by Crippen LogP contribution is -2.50. The van der Waals surface area contributed by atoms with Gasteiger partial charge in [-0.2, -0.15) is 0 Å². The summed E-state index contributed by atoms with van der Waals surface area (Å²) in [5, 5.41) is 0. The van der Waals surface area contributed by atoms with Crippen LogP contribution in [0.1, 0.15) is 35.2 Å². The van der Waals surface area contributed by atoms with Crippen molar-refractivity contribution < 1.29 is 18.7 Å². The fraction of sp³-hybridized carbons (Fsp3) is 0.632. The first-order chi connectivity index (χ1) is 11.6. The van der Waals surface area contributed by atoms with Crippen LogP contribution in [0.4, 0.5) is 4.39 Å². The van der Waals surface area contributed by atoms with Gasteiger partial charge in [0.2, 0.25) is 0 Å². The summed E-state index contributed by atoms with van der Waals surface area (Å²) in [4.78, 5) is 14.7. The van der Waals surface area contributed by atoms with Crippen LogP contribution in [0.5, 0.6) is 0 Å². The number of amides is 1. The molecule has 3 rings (SSSR count). The van der Waals surface area contributed by atoms with Crippen LogP contribution in [0.2, 0.25) is 0 Å². The predicted molar refractivity (Wildman–Crippen MR) is 89.5 cm³/mol. The van der Waals surface area contributed by atoms with E-state index >= 15 is 0 Å². The highest BCUT2D eigenvalue weighted by Crippen LogP contribution is 2.45. The van der Waals surface area contributed by atoms with Gasteiger partial charge >= 0.3 is 0 Å². The van der Waals surface area contributed by atoms with Gasteiger partial charge in [0, 0.05) is 38.3 Å². The molecule has 1 atom stereocenters. The Bertz CT molecular complexity index is 594. The minimum absolute atomic E-state index is 0.0118. The van der Waals surface area contributed by atoms with E-state index in [1.807, 2.05) is 4.90 Å². The number of carbonyl (C=O) groups is 1. The van der Waals surface area contributed by atoms with Crippen molar-refractivity contribution in [2.45, 2.75) is 26.2 Å². The van der Waals surface area contributed by atoms with Crippen molar-refractivity contribution in [1.29, 1.82) is 0 Å². The molecule has 0 aromatic heterocycles. The van der Waals surface area contributed by atoms with Crippen LogP contribution in [-0.2, 0) is 9.47 Å². The summed E-state index contributed by atoms with van der Waals surface area (Å²) in [5.74, 6) is 0.116. The average Bonchev–Trinajstić information content (AvgIpc) is 2.57.